The summed E-state index contributed by atoms with van der Waals surface area (Å²) >= 11 is 6.06. The minimum atomic E-state index is -0.270. The Balaban J connectivity index is 1.77. The number of aromatic nitrogens is 2. The highest BCUT2D eigenvalue weighted by molar-refractivity contribution is 6.31. The Labute approximate surface area is 168 Å². The summed E-state index contributed by atoms with van der Waals surface area (Å²) in [5.41, 5.74) is 3.74. The highest BCUT2D eigenvalue weighted by atomic mass is 35.5. The van der Waals surface area contributed by atoms with E-state index >= 15 is 0 Å². The van der Waals surface area contributed by atoms with E-state index in [2.05, 4.69) is 20.6 Å². The number of benzene rings is 2. The summed E-state index contributed by atoms with van der Waals surface area (Å²) in [5.74, 6) is 0.620. The van der Waals surface area contributed by atoms with Gasteiger partial charge < -0.3 is 15.4 Å². The molecule has 3 rings (SSSR count). The van der Waals surface area contributed by atoms with E-state index in [1.165, 1.54) is 0 Å². The molecule has 1 aromatic heterocycles. The molecule has 3 aromatic rings. The van der Waals surface area contributed by atoms with Crippen molar-refractivity contribution in [3.63, 3.8) is 0 Å². The number of nitrogens with one attached hydrogen (secondary N) is 2. The van der Waals surface area contributed by atoms with Crippen molar-refractivity contribution >= 4 is 29.1 Å². The van der Waals surface area contributed by atoms with E-state index in [1.54, 1.807) is 38.3 Å². The van der Waals surface area contributed by atoms with Crippen LogP contribution in [0.2, 0.25) is 5.02 Å². The first kappa shape index (κ1) is 19.6. The van der Waals surface area contributed by atoms with Crippen molar-refractivity contribution in [1.29, 1.82) is 0 Å². The number of halogens is 1. The number of nitrogens with zero attached hydrogens (tertiary/aromatic N) is 2. The van der Waals surface area contributed by atoms with Gasteiger partial charge in [-0.2, -0.15) is 0 Å². The highest BCUT2D eigenvalue weighted by Crippen LogP contribution is 2.29. The molecule has 0 aliphatic carbocycles. The van der Waals surface area contributed by atoms with Crippen molar-refractivity contribution in [2.24, 2.45) is 0 Å². The van der Waals surface area contributed by atoms with Gasteiger partial charge in [-0.25, -0.2) is 9.97 Å². The first-order valence-electron chi connectivity index (χ1n) is 8.74. The molecule has 0 atom stereocenters. The summed E-state index contributed by atoms with van der Waals surface area (Å²) in [5, 5.41) is 6.51. The summed E-state index contributed by atoms with van der Waals surface area (Å²) in [7, 11) is 1.57. The molecule has 2 N–H and O–H groups in total. The van der Waals surface area contributed by atoms with Crippen LogP contribution in [0.4, 0.5) is 11.6 Å². The van der Waals surface area contributed by atoms with Crippen LogP contribution in [-0.4, -0.2) is 23.0 Å². The van der Waals surface area contributed by atoms with Gasteiger partial charge in [-0.3, -0.25) is 4.79 Å². The number of anilines is 2. The number of rotatable bonds is 6. The molecule has 0 bridgehead atoms. The zero-order chi connectivity index (χ0) is 20.1. The van der Waals surface area contributed by atoms with E-state index in [-0.39, 0.29) is 11.6 Å². The smallest absolute Gasteiger partial charge is 0.270 e. The van der Waals surface area contributed by atoms with Gasteiger partial charge in [0.2, 0.25) is 5.95 Å². The first-order chi connectivity index (χ1) is 13.4. The minimum Gasteiger partial charge on any atom is -0.495 e. The second kappa shape index (κ2) is 8.71. The maximum absolute atomic E-state index is 12.6. The van der Waals surface area contributed by atoms with Crippen LogP contribution >= 0.6 is 11.6 Å². The third kappa shape index (κ3) is 4.98. The fraction of sp³-hybridized carbons (Fsp3) is 0.190. The molecule has 0 spiro atoms. The van der Waals surface area contributed by atoms with Crippen LogP contribution in [0.5, 0.6) is 5.75 Å². The molecule has 0 saturated carbocycles. The topological polar surface area (TPSA) is 76.1 Å². The van der Waals surface area contributed by atoms with Crippen molar-refractivity contribution in [3.05, 3.63) is 76.1 Å². The van der Waals surface area contributed by atoms with Crippen LogP contribution in [0.3, 0.4) is 0 Å². The molecular formula is C21H21ClN4O2. The van der Waals surface area contributed by atoms with Gasteiger partial charge in [-0.15, -0.1) is 0 Å². The molecule has 2 aromatic carbocycles. The van der Waals surface area contributed by atoms with Gasteiger partial charge in [0, 0.05) is 17.3 Å². The number of carbonyl (C=O) groups excluding carboxylic acids is 1. The van der Waals surface area contributed by atoms with Crippen LogP contribution in [-0.2, 0) is 6.54 Å². The predicted molar refractivity (Wildman–Crippen MR) is 110 cm³/mol. The molecule has 0 radical (unpaired) electrons. The Hall–Kier alpha value is -3.12. The molecule has 6 nitrogen and oxygen atoms in total. The lowest BCUT2D eigenvalue weighted by Crippen LogP contribution is -2.24. The summed E-state index contributed by atoms with van der Waals surface area (Å²) < 4.78 is 5.32. The van der Waals surface area contributed by atoms with Gasteiger partial charge in [0.1, 0.15) is 11.4 Å². The van der Waals surface area contributed by atoms with Gasteiger partial charge in [0.05, 0.1) is 12.8 Å². The SMILES string of the molecule is COc1ccc(Cl)cc1Nc1nc(C)cc(C(=O)NCc2cccc(C)c2)n1. The molecule has 7 heteroatoms. The molecule has 0 saturated heterocycles. The van der Waals surface area contributed by atoms with Crippen LogP contribution in [0.25, 0.3) is 0 Å². The summed E-state index contributed by atoms with van der Waals surface area (Å²) in [6.07, 6.45) is 0. The molecule has 1 heterocycles. The molecule has 1 amide bonds. The van der Waals surface area contributed by atoms with Gasteiger partial charge in [-0.1, -0.05) is 41.4 Å². The summed E-state index contributed by atoms with van der Waals surface area (Å²) in [6.45, 7) is 4.25. The number of ether oxygens (including phenoxy) is 1. The van der Waals surface area contributed by atoms with Gasteiger partial charge in [0.25, 0.3) is 5.91 Å². The van der Waals surface area contributed by atoms with Gasteiger partial charge in [0.15, 0.2) is 0 Å². The van der Waals surface area contributed by atoms with E-state index in [1.807, 2.05) is 31.2 Å². The van der Waals surface area contributed by atoms with Crippen LogP contribution in [0, 0.1) is 13.8 Å². The van der Waals surface area contributed by atoms with E-state index in [0.717, 1.165) is 11.1 Å². The zero-order valence-corrected chi connectivity index (χ0v) is 16.7. The maximum atomic E-state index is 12.6. The standard InChI is InChI=1S/C21H21ClN4O2/c1-13-5-4-6-15(9-13)12-23-20(27)18-10-14(2)24-21(26-18)25-17-11-16(22)7-8-19(17)28-3/h4-11H,12H2,1-3H3,(H,23,27)(H,24,25,26). The van der Waals surface area contributed by atoms with Crippen molar-refractivity contribution in [3.8, 4) is 5.75 Å². The van der Waals surface area contributed by atoms with E-state index in [4.69, 9.17) is 16.3 Å². The Kier molecular flexibility index (Phi) is 6.11. The number of carbonyl (C=O) groups is 1. The molecule has 28 heavy (non-hydrogen) atoms. The average Bonchev–Trinajstić information content (AvgIpc) is 2.66. The van der Waals surface area contributed by atoms with E-state index < -0.39 is 0 Å². The average molecular weight is 397 g/mol. The monoisotopic (exact) mass is 396 g/mol. The van der Waals surface area contributed by atoms with E-state index in [9.17, 15) is 4.79 Å². The predicted octanol–water partition coefficient (Wildman–Crippen LogP) is 4.43. The van der Waals surface area contributed by atoms with Crippen LogP contribution in [0.1, 0.15) is 27.3 Å². The number of hydrogen-bond acceptors (Lipinski definition) is 5. The molecule has 0 fully saturated rings. The Bertz CT molecular complexity index is 1010. The molecular weight excluding hydrogens is 376 g/mol. The summed E-state index contributed by atoms with van der Waals surface area (Å²) in [6, 6.07) is 14.8. The fourth-order valence-electron chi connectivity index (χ4n) is 2.73. The number of aryl methyl sites for hydroxylation is 2. The molecule has 0 aliphatic heterocycles. The summed E-state index contributed by atoms with van der Waals surface area (Å²) in [4.78, 5) is 21.2. The molecule has 0 unspecified atom stereocenters. The normalized spacial score (nSPS) is 10.4. The number of methoxy groups -OCH3 is 1. The molecule has 0 aliphatic rings. The lowest BCUT2D eigenvalue weighted by atomic mass is 10.1. The van der Waals surface area contributed by atoms with Gasteiger partial charge >= 0.3 is 0 Å². The second-order valence-electron chi connectivity index (χ2n) is 6.36. The lowest BCUT2D eigenvalue weighted by molar-refractivity contribution is 0.0945. The van der Waals surface area contributed by atoms with Crippen molar-refractivity contribution in [2.75, 3.05) is 12.4 Å². The lowest BCUT2D eigenvalue weighted by Gasteiger charge is -2.12. The maximum Gasteiger partial charge on any atom is 0.270 e. The Morgan fingerprint density at radius 1 is 1.11 bits per heavy atom. The van der Waals surface area contributed by atoms with E-state index in [0.29, 0.717) is 34.6 Å². The van der Waals surface area contributed by atoms with Crippen LogP contribution < -0.4 is 15.4 Å². The first-order valence-corrected chi connectivity index (χ1v) is 9.12. The zero-order valence-electron chi connectivity index (χ0n) is 15.9. The van der Waals surface area contributed by atoms with Crippen molar-refractivity contribution < 1.29 is 9.53 Å². The minimum absolute atomic E-state index is 0.270. The highest BCUT2D eigenvalue weighted by Gasteiger charge is 2.12. The Morgan fingerprint density at radius 2 is 1.93 bits per heavy atom. The van der Waals surface area contributed by atoms with Gasteiger partial charge in [-0.05, 0) is 43.7 Å². The second-order valence-corrected chi connectivity index (χ2v) is 6.80. The third-order valence-electron chi connectivity index (χ3n) is 4.03. The number of amides is 1. The third-order valence-corrected chi connectivity index (χ3v) is 4.27. The molecule has 144 valence electrons. The van der Waals surface area contributed by atoms with Crippen molar-refractivity contribution in [2.45, 2.75) is 20.4 Å². The fourth-order valence-corrected chi connectivity index (χ4v) is 2.91. The van der Waals surface area contributed by atoms with Crippen molar-refractivity contribution in [1.82, 2.24) is 15.3 Å². The number of hydrogen-bond donors (Lipinski definition) is 2. The Morgan fingerprint density at radius 3 is 2.68 bits per heavy atom. The largest absolute Gasteiger partial charge is 0.495 e. The quantitative estimate of drug-likeness (QED) is 0.644. The van der Waals surface area contributed by atoms with Crippen LogP contribution in [0.15, 0.2) is 48.5 Å².